The largest absolute Gasteiger partial charge is 0.495 e. The summed E-state index contributed by atoms with van der Waals surface area (Å²) in [5.74, 6) is 0.298. The predicted molar refractivity (Wildman–Crippen MR) is 116 cm³/mol. The zero-order chi connectivity index (χ0) is 20.5. The molecule has 0 fully saturated rings. The van der Waals surface area contributed by atoms with Crippen molar-refractivity contribution in [2.45, 2.75) is 26.7 Å². The van der Waals surface area contributed by atoms with Gasteiger partial charge in [0, 0.05) is 45.0 Å². The maximum Gasteiger partial charge on any atom is 0.224 e. The molecule has 0 atom stereocenters. The van der Waals surface area contributed by atoms with Crippen molar-refractivity contribution >= 4 is 50.7 Å². The maximum absolute atomic E-state index is 12.5. The quantitative estimate of drug-likeness (QED) is 0.406. The van der Waals surface area contributed by atoms with E-state index in [0.717, 1.165) is 26.1 Å². The number of Topliss-reactive ketones (excluding diaryl/α,β-unsaturated/α-hetero) is 1. The Morgan fingerprint density at radius 2 is 1.83 bits per heavy atom. The van der Waals surface area contributed by atoms with Crippen molar-refractivity contribution in [2.24, 2.45) is 0 Å². The third kappa shape index (κ3) is 3.76. The highest BCUT2D eigenvalue weighted by atomic mass is 32.1. The number of furan rings is 1. The van der Waals surface area contributed by atoms with Crippen molar-refractivity contribution < 1.29 is 18.7 Å². The Morgan fingerprint density at radius 1 is 1.03 bits per heavy atom. The lowest BCUT2D eigenvalue weighted by molar-refractivity contribution is -0.116. The number of para-hydroxylation sites is 1. The van der Waals surface area contributed by atoms with Gasteiger partial charge in [-0.25, -0.2) is 0 Å². The molecule has 1 amide bonds. The first kappa shape index (κ1) is 19.2. The van der Waals surface area contributed by atoms with Gasteiger partial charge in [-0.2, -0.15) is 0 Å². The molecule has 148 valence electrons. The van der Waals surface area contributed by atoms with Crippen molar-refractivity contribution in [3.63, 3.8) is 0 Å². The van der Waals surface area contributed by atoms with Gasteiger partial charge < -0.3 is 14.5 Å². The number of rotatable bonds is 6. The number of ketones is 1. The highest BCUT2D eigenvalue weighted by molar-refractivity contribution is 7.12. The molecule has 2 aromatic heterocycles. The van der Waals surface area contributed by atoms with Crippen molar-refractivity contribution in [3.05, 3.63) is 57.8 Å². The van der Waals surface area contributed by atoms with E-state index in [9.17, 15) is 9.59 Å². The summed E-state index contributed by atoms with van der Waals surface area (Å²) in [4.78, 5) is 27.0. The molecule has 0 aliphatic rings. The molecule has 0 saturated carbocycles. The molecule has 4 aromatic rings. The van der Waals surface area contributed by atoms with Crippen LogP contribution in [0.5, 0.6) is 5.75 Å². The Morgan fingerprint density at radius 3 is 2.55 bits per heavy atom. The molecule has 0 saturated heterocycles. The Labute approximate surface area is 172 Å². The van der Waals surface area contributed by atoms with Crippen LogP contribution in [0.15, 0.2) is 46.9 Å². The molecule has 0 radical (unpaired) electrons. The first-order chi connectivity index (χ1) is 14.0. The Bertz CT molecular complexity index is 1230. The fraction of sp³-hybridized carbons (Fsp3) is 0.217. The summed E-state index contributed by atoms with van der Waals surface area (Å²) in [6.07, 6.45) is 0.270. The summed E-state index contributed by atoms with van der Waals surface area (Å²) in [6.45, 7) is 3.90. The van der Waals surface area contributed by atoms with Crippen LogP contribution in [-0.2, 0) is 4.79 Å². The second kappa shape index (κ2) is 7.72. The highest BCUT2D eigenvalue weighted by Crippen LogP contribution is 2.36. The van der Waals surface area contributed by atoms with Crippen LogP contribution in [0.1, 0.15) is 33.0 Å². The number of methoxy groups -OCH3 is 1. The minimum Gasteiger partial charge on any atom is -0.495 e. The minimum atomic E-state index is -0.239. The Hall–Kier alpha value is -3.12. The van der Waals surface area contributed by atoms with E-state index in [1.165, 1.54) is 0 Å². The molecular weight excluding hydrogens is 386 g/mol. The highest BCUT2D eigenvalue weighted by Gasteiger charge is 2.16. The zero-order valence-corrected chi connectivity index (χ0v) is 17.3. The monoisotopic (exact) mass is 407 g/mol. The van der Waals surface area contributed by atoms with E-state index >= 15 is 0 Å². The van der Waals surface area contributed by atoms with E-state index in [2.05, 4.69) is 5.32 Å². The molecule has 5 nitrogen and oxygen atoms in total. The topological polar surface area (TPSA) is 68.5 Å². The van der Waals surface area contributed by atoms with Crippen molar-refractivity contribution in [1.29, 1.82) is 0 Å². The van der Waals surface area contributed by atoms with Gasteiger partial charge in [-0.15, -0.1) is 11.3 Å². The van der Waals surface area contributed by atoms with E-state index in [4.69, 9.17) is 9.15 Å². The van der Waals surface area contributed by atoms with Gasteiger partial charge in [-0.3, -0.25) is 9.59 Å². The Kier molecular flexibility index (Phi) is 5.11. The third-order valence-corrected chi connectivity index (χ3v) is 5.86. The first-order valence-electron chi connectivity index (χ1n) is 9.35. The summed E-state index contributed by atoms with van der Waals surface area (Å²) >= 11 is 1.59. The average Bonchev–Trinajstić information content (AvgIpc) is 3.23. The van der Waals surface area contributed by atoms with Crippen LogP contribution in [0.25, 0.3) is 21.9 Å². The van der Waals surface area contributed by atoms with Crippen LogP contribution in [0.4, 0.5) is 5.69 Å². The maximum atomic E-state index is 12.5. The Balaban J connectivity index is 1.52. The molecule has 1 N–H and O–H groups in total. The number of fused-ring (bicyclic) bond motifs is 3. The van der Waals surface area contributed by atoms with Gasteiger partial charge in [0.2, 0.25) is 5.91 Å². The SMILES string of the molecule is COc1cc2c(cc1NC(=O)CCC(=O)c1cc(C)sc1C)oc1ccccc12. The standard InChI is InChI=1S/C23H21NO4S/c1-13-10-16(14(2)29-13)19(25)8-9-23(26)24-18-12-21-17(11-22(18)27-3)15-6-4-5-7-20(15)28-21/h4-7,10-12H,8-9H2,1-3H3,(H,24,26). The van der Waals surface area contributed by atoms with Crippen LogP contribution in [-0.4, -0.2) is 18.8 Å². The van der Waals surface area contributed by atoms with Crippen molar-refractivity contribution in [3.8, 4) is 5.75 Å². The van der Waals surface area contributed by atoms with E-state index in [-0.39, 0.29) is 24.5 Å². The number of thiophene rings is 1. The van der Waals surface area contributed by atoms with E-state index in [1.54, 1.807) is 24.5 Å². The number of carbonyl (C=O) groups excluding carboxylic acids is 2. The van der Waals surface area contributed by atoms with Crippen LogP contribution < -0.4 is 10.1 Å². The number of anilines is 1. The van der Waals surface area contributed by atoms with Crippen LogP contribution in [0.3, 0.4) is 0 Å². The number of nitrogens with one attached hydrogen (secondary N) is 1. The number of amides is 1. The number of hydrogen-bond acceptors (Lipinski definition) is 5. The van der Waals surface area contributed by atoms with Gasteiger partial charge in [0.15, 0.2) is 5.78 Å². The van der Waals surface area contributed by atoms with E-state index in [1.807, 2.05) is 50.2 Å². The molecule has 6 heteroatoms. The summed E-state index contributed by atoms with van der Waals surface area (Å²) in [6, 6.07) is 13.3. The first-order valence-corrected chi connectivity index (χ1v) is 10.2. The van der Waals surface area contributed by atoms with Gasteiger partial charge in [0.25, 0.3) is 0 Å². The van der Waals surface area contributed by atoms with Crippen molar-refractivity contribution in [1.82, 2.24) is 0 Å². The lowest BCUT2D eigenvalue weighted by Crippen LogP contribution is -2.14. The third-order valence-electron chi connectivity index (χ3n) is 4.89. The van der Waals surface area contributed by atoms with E-state index in [0.29, 0.717) is 22.6 Å². The molecule has 2 aromatic carbocycles. The number of ether oxygens (including phenoxy) is 1. The van der Waals surface area contributed by atoms with Gasteiger partial charge in [0.05, 0.1) is 12.8 Å². The zero-order valence-electron chi connectivity index (χ0n) is 16.5. The number of carbonyl (C=O) groups is 2. The van der Waals surface area contributed by atoms with Gasteiger partial charge in [-0.1, -0.05) is 18.2 Å². The van der Waals surface area contributed by atoms with Gasteiger partial charge in [0.1, 0.15) is 16.9 Å². The normalized spacial score (nSPS) is 11.1. The smallest absolute Gasteiger partial charge is 0.224 e. The van der Waals surface area contributed by atoms with Crippen LogP contribution in [0.2, 0.25) is 0 Å². The lowest BCUT2D eigenvalue weighted by atomic mass is 10.1. The fourth-order valence-electron chi connectivity index (χ4n) is 3.50. The predicted octanol–water partition coefficient (Wildman–Crippen LogP) is 5.87. The summed E-state index contributed by atoms with van der Waals surface area (Å²) in [5, 5.41) is 4.77. The molecular formula is C23H21NO4S. The fourth-order valence-corrected chi connectivity index (χ4v) is 4.44. The lowest BCUT2D eigenvalue weighted by Gasteiger charge is -2.10. The minimum absolute atomic E-state index is 0.0123. The second-order valence-electron chi connectivity index (χ2n) is 6.95. The van der Waals surface area contributed by atoms with Crippen LogP contribution in [0, 0.1) is 13.8 Å². The molecule has 4 rings (SSSR count). The average molecular weight is 407 g/mol. The van der Waals surface area contributed by atoms with Gasteiger partial charge >= 0.3 is 0 Å². The molecule has 0 aliphatic heterocycles. The molecule has 0 unspecified atom stereocenters. The molecule has 0 bridgehead atoms. The molecule has 0 aliphatic carbocycles. The molecule has 2 heterocycles. The summed E-state index contributed by atoms with van der Waals surface area (Å²) < 4.78 is 11.3. The number of hydrogen-bond donors (Lipinski definition) is 1. The second-order valence-corrected chi connectivity index (χ2v) is 8.41. The van der Waals surface area contributed by atoms with Gasteiger partial charge in [-0.05, 0) is 32.0 Å². The van der Waals surface area contributed by atoms with E-state index < -0.39 is 0 Å². The summed E-state index contributed by atoms with van der Waals surface area (Å²) in [7, 11) is 1.56. The van der Waals surface area contributed by atoms with Crippen LogP contribution >= 0.6 is 11.3 Å². The molecule has 0 spiro atoms. The van der Waals surface area contributed by atoms with Crippen molar-refractivity contribution in [2.75, 3.05) is 12.4 Å². The molecule has 29 heavy (non-hydrogen) atoms. The summed E-state index contributed by atoms with van der Waals surface area (Å²) in [5.41, 5.74) is 2.68. The number of benzene rings is 2. The number of aryl methyl sites for hydroxylation is 2.